The lowest BCUT2D eigenvalue weighted by atomic mass is 10.1. The molecule has 18 heavy (non-hydrogen) atoms. The molecular weight excluding hydrogens is 240 g/mol. The summed E-state index contributed by atoms with van der Waals surface area (Å²) in [5.41, 5.74) is 8.71. The Kier molecular flexibility index (Phi) is 4.95. The molecule has 1 aliphatic rings. The molecule has 0 aromatic heterocycles. The van der Waals surface area contributed by atoms with E-state index in [9.17, 15) is 0 Å². The van der Waals surface area contributed by atoms with Crippen molar-refractivity contribution >= 4 is 17.4 Å². The summed E-state index contributed by atoms with van der Waals surface area (Å²) in [5.74, 6) is 1.10. The van der Waals surface area contributed by atoms with Crippen molar-refractivity contribution in [2.75, 3.05) is 17.2 Å². The summed E-state index contributed by atoms with van der Waals surface area (Å²) in [4.78, 5) is 3.93. The lowest BCUT2D eigenvalue weighted by Crippen LogP contribution is -2.29. The molecule has 100 valence electrons. The van der Waals surface area contributed by atoms with Crippen LogP contribution in [0.3, 0.4) is 0 Å². The van der Waals surface area contributed by atoms with Crippen molar-refractivity contribution in [3.63, 3.8) is 0 Å². The summed E-state index contributed by atoms with van der Waals surface area (Å²) in [6.07, 6.45) is 3.87. The topological polar surface area (TPSA) is 29.3 Å². The van der Waals surface area contributed by atoms with Gasteiger partial charge in [0.2, 0.25) is 0 Å². The molecular formula is C15H24N2S. The van der Waals surface area contributed by atoms with Gasteiger partial charge in [-0.1, -0.05) is 19.9 Å². The zero-order valence-corrected chi connectivity index (χ0v) is 12.3. The van der Waals surface area contributed by atoms with Crippen LogP contribution in [0.2, 0.25) is 0 Å². The molecule has 1 saturated heterocycles. The second-order valence-corrected chi connectivity index (χ2v) is 6.09. The summed E-state index contributed by atoms with van der Waals surface area (Å²) in [7, 11) is 0. The van der Waals surface area contributed by atoms with Gasteiger partial charge in [0, 0.05) is 35.3 Å². The molecule has 0 aliphatic carbocycles. The first-order chi connectivity index (χ1) is 8.81. The Balaban J connectivity index is 2.34. The fourth-order valence-corrected chi connectivity index (χ4v) is 3.74. The first-order valence-corrected chi connectivity index (χ1v) is 8.01. The summed E-state index contributed by atoms with van der Waals surface area (Å²) < 4.78 is 0. The van der Waals surface area contributed by atoms with Gasteiger partial charge in [0.05, 0.1) is 0 Å². The fraction of sp³-hybridized carbons (Fsp3) is 0.600. The quantitative estimate of drug-likeness (QED) is 0.823. The Morgan fingerprint density at radius 3 is 2.89 bits per heavy atom. The van der Waals surface area contributed by atoms with Gasteiger partial charge in [-0.2, -0.15) is 0 Å². The highest BCUT2D eigenvalue weighted by atomic mass is 32.2. The van der Waals surface area contributed by atoms with Crippen LogP contribution in [0.4, 0.5) is 5.69 Å². The van der Waals surface area contributed by atoms with Gasteiger partial charge in [0.15, 0.2) is 0 Å². The number of nitrogens with zero attached hydrogens (tertiary/aromatic N) is 1. The van der Waals surface area contributed by atoms with Gasteiger partial charge >= 0.3 is 0 Å². The highest BCUT2D eigenvalue weighted by molar-refractivity contribution is 7.99. The average molecular weight is 264 g/mol. The maximum atomic E-state index is 6.00. The minimum Gasteiger partial charge on any atom is -0.368 e. The van der Waals surface area contributed by atoms with Crippen LogP contribution in [0.15, 0.2) is 23.1 Å². The van der Waals surface area contributed by atoms with Crippen molar-refractivity contribution in [3.05, 3.63) is 23.8 Å². The van der Waals surface area contributed by atoms with Crippen LogP contribution in [-0.4, -0.2) is 18.3 Å². The number of thioether (sulfide) groups is 1. The van der Waals surface area contributed by atoms with Crippen LogP contribution >= 0.6 is 11.8 Å². The van der Waals surface area contributed by atoms with Crippen molar-refractivity contribution < 1.29 is 0 Å². The lowest BCUT2D eigenvalue weighted by Gasteiger charge is -2.29. The number of benzene rings is 1. The standard InChI is InChI=1S/C15H24N2S/c1-3-12-7-6-10-17(12)14-8-5-9-15(18-4-2)13(14)11-16/h5,8-9,12H,3-4,6-7,10-11,16H2,1-2H3. The predicted octanol–water partition coefficient (Wildman–Crippen LogP) is 3.64. The van der Waals surface area contributed by atoms with Gasteiger partial charge in [-0.3, -0.25) is 0 Å². The van der Waals surface area contributed by atoms with Crippen molar-refractivity contribution in [2.24, 2.45) is 5.73 Å². The molecule has 0 amide bonds. The van der Waals surface area contributed by atoms with Gasteiger partial charge < -0.3 is 10.6 Å². The number of nitrogens with two attached hydrogens (primary N) is 1. The summed E-state index contributed by atoms with van der Waals surface area (Å²) >= 11 is 1.90. The van der Waals surface area contributed by atoms with Crippen LogP contribution in [0.5, 0.6) is 0 Å². The average Bonchev–Trinajstić information content (AvgIpc) is 2.87. The maximum absolute atomic E-state index is 6.00. The van der Waals surface area contributed by atoms with E-state index >= 15 is 0 Å². The predicted molar refractivity (Wildman–Crippen MR) is 81.4 cm³/mol. The summed E-state index contributed by atoms with van der Waals surface area (Å²) in [6.45, 7) is 6.31. The van der Waals surface area contributed by atoms with E-state index in [1.54, 1.807) is 0 Å². The Morgan fingerprint density at radius 1 is 1.39 bits per heavy atom. The third-order valence-corrected chi connectivity index (χ3v) is 4.75. The van der Waals surface area contributed by atoms with Gasteiger partial charge in [0.1, 0.15) is 0 Å². The maximum Gasteiger partial charge on any atom is 0.0425 e. The van der Waals surface area contributed by atoms with Gasteiger partial charge in [-0.05, 0) is 37.1 Å². The van der Waals surface area contributed by atoms with E-state index < -0.39 is 0 Å². The van der Waals surface area contributed by atoms with E-state index in [0.29, 0.717) is 12.6 Å². The minimum atomic E-state index is 0.644. The van der Waals surface area contributed by atoms with E-state index in [4.69, 9.17) is 5.73 Å². The third kappa shape index (κ3) is 2.67. The van der Waals surface area contributed by atoms with Crippen LogP contribution < -0.4 is 10.6 Å². The number of hydrogen-bond donors (Lipinski definition) is 1. The zero-order valence-electron chi connectivity index (χ0n) is 11.5. The number of hydrogen-bond acceptors (Lipinski definition) is 3. The molecule has 1 aromatic carbocycles. The first kappa shape index (κ1) is 13.8. The van der Waals surface area contributed by atoms with Crippen LogP contribution in [-0.2, 0) is 6.54 Å². The highest BCUT2D eigenvalue weighted by Gasteiger charge is 2.25. The molecule has 1 heterocycles. The van der Waals surface area contributed by atoms with Crippen LogP contribution in [0.25, 0.3) is 0 Å². The first-order valence-electron chi connectivity index (χ1n) is 7.03. The molecule has 1 unspecified atom stereocenters. The van der Waals surface area contributed by atoms with Crippen molar-refractivity contribution in [2.45, 2.75) is 50.6 Å². The molecule has 3 heteroatoms. The molecule has 0 bridgehead atoms. The fourth-order valence-electron chi connectivity index (χ4n) is 2.90. The second kappa shape index (κ2) is 6.48. The SMILES string of the molecule is CCSc1cccc(N2CCCC2CC)c1CN. The van der Waals surface area contributed by atoms with Crippen LogP contribution in [0, 0.1) is 0 Å². The molecule has 0 spiro atoms. The number of anilines is 1. The van der Waals surface area contributed by atoms with E-state index in [-0.39, 0.29) is 0 Å². The van der Waals surface area contributed by atoms with Crippen LogP contribution in [0.1, 0.15) is 38.7 Å². The van der Waals surface area contributed by atoms with E-state index in [1.807, 2.05) is 11.8 Å². The normalized spacial score (nSPS) is 19.5. The molecule has 2 nitrogen and oxygen atoms in total. The molecule has 1 aliphatic heterocycles. The molecule has 1 atom stereocenters. The Hall–Kier alpha value is -0.670. The highest BCUT2D eigenvalue weighted by Crippen LogP contribution is 2.35. The molecule has 2 rings (SSSR count). The summed E-state index contributed by atoms with van der Waals surface area (Å²) in [6, 6.07) is 7.33. The minimum absolute atomic E-state index is 0.644. The molecule has 0 saturated carbocycles. The smallest absolute Gasteiger partial charge is 0.0425 e. The molecule has 1 aromatic rings. The molecule has 1 fully saturated rings. The molecule has 0 radical (unpaired) electrons. The van der Waals surface area contributed by atoms with E-state index in [2.05, 4.69) is 36.9 Å². The second-order valence-electron chi connectivity index (χ2n) is 4.79. The molecule has 2 N–H and O–H groups in total. The van der Waals surface area contributed by atoms with Crippen molar-refractivity contribution in [3.8, 4) is 0 Å². The lowest BCUT2D eigenvalue weighted by molar-refractivity contribution is 0.643. The van der Waals surface area contributed by atoms with Crippen molar-refractivity contribution in [1.29, 1.82) is 0 Å². The van der Waals surface area contributed by atoms with E-state index in [0.717, 1.165) is 5.75 Å². The Morgan fingerprint density at radius 2 is 2.22 bits per heavy atom. The van der Waals surface area contributed by atoms with Gasteiger partial charge in [-0.15, -0.1) is 11.8 Å². The largest absolute Gasteiger partial charge is 0.368 e. The van der Waals surface area contributed by atoms with Gasteiger partial charge in [-0.25, -0.2) is 0 Å². The third-order valence-electron chi connectivity index (χ3n) is 3.77. The van der Waals surface area contributed by atoms with E-state index in [1.165, 1.54) is 42.0 Å². The van der Waals surface area contributed by atoms with Gasteiger partial charge in [0.25, 0.3) is 0 Å². The Bertz CT molecular complexity index is 392. The Labute approximate surface area is 115 Å². The van der Waals surface area contributed by atoms with Crippen molar-refractivity contribution in [1.82, 2.24) is 0 Å². The zero-order chi connectivity index (χ0) is 13.0. The summed E-state index contributed by atoms with van der Waals surface area (Å²) in [5, 5.41) is 0. The monoisotopic (exact) mass is 264 g/mol. The number of rotatable bonds is 5.